The first-order valence-corrected chi connectivity index (χ1v) is 11.9. The number of benzene rings is 1. The second-order valence-corrected chi connectivity index (χ2v) is 9.42. The third-order valence-electron chi connectivity index (χ3n) is 5.90. The van der Waals surface area contributed by atoms with E-state index in [1.165, 1.54) is 18.5 Å². The standard InChI is InChI=1S/C21H20ClF3N6O4S/c22-9-1-2-10(21(23,24)25)14(5-9)31-13(3-4-28-31)18-17(32)16(19-15(34-18)7-29-35-19)27-6-11(26)12-8-36-20(33)30-12/h1-6,8,15-19,27,29,32H,7,26H2,(H,30,33)/b11-6-. The molecule has 3 aromatic rings. The molecule has 5 unspecified atom stereocenters. The van der Waals surface area contributed by atoms with Gasteiger partial charge in [0.1, 0.15) is 30.1 Å². The predicted molar refractivity (Wildman–Crippen MR) is 123 cm³/mol. The SMILES string of the molecule is N/C(=C\NC1C(O)C(c2ccnn2-c2cc(Cl)ccc2C(F)(F)F)OC2CNOC21)c1csc(O)n1. The highest BCUT2D eigenvalue weighted by Crippen LogP contribution is 2.39. The third-order valence-corrected chi connectivity index (χ3v) is 6.78. The molecule has 192 valence electrons. The van der Waals surface area contributed by atoms with E-state index in [1.54, 1.807) is 5.38 Å². The number of fused-ring (bicyclic) bond motifs is 1. The molecular formula is C21H20ClF3N6O4S. The predicted octanol–water partition coefficient (Wildman–Crippen LogP) is 2.33. The van der Waals surface area contributed by atoms with Crippen LogP contribution < -0.4 is 16.5 Å². The molecule has 15 heteroatoms. The van der Waals surface area contributed by atoms with Crippen molar-refractivity contribution in [3.05, 3.63) is 64.0 Å². The monoisotopic (exact) mass is 544 g/mol. The largest absolute Gasteiger partial charge is 0.486 e. The van der Waals surface area contributed by atoms with Crippen molar-refractivity contribution < 1.29 is 33.0 Å². The lowest BCUT2D eigenvalue weighted by Crippen LogP contribution is -2.58. The number of ether oxygens (including phenoxy) is 1. The van der Waals surface area contributed by atoms with Crippen LogP contribution in [0.5, 0.6) is 5.19 Å². The van der Waals surface area contributed by atoms with Gasteiger partial charge in [-0.3, -0.25) is 4.84 Å². The number of hydrogen-bond acceptors (Lipinski definition) is 10. The van der Waals surface area contributed by atoms with Gasteiger partial charge in [-0.25, -0.2) is 9.67 Å². The quantitative estimate of drug-likeness (QED) is 0.327. The van der Waals surface area contributed by atoms with Gasteiger partial charge in [0.15, 0.2) is 0 Å². The summed E-state index contributed by atoms with van der Waals surface area (Å²) in [5.41, 5.74) is 8.24. The second-order valence-electron chi connectivity index (χ2n) is 8.15. The summed E-state index contributed by atoms with van der Waals surface area (Å²) in [5, 5.41) is 29.3. The Kier molecular flexibility index (Phi) is 6.57. The van der Waals surface area contributed by atoms with Gasteiger partial charge in [0.2, 0.25) is 0 Å². The van der Waals surface area contributed by atoms with Crippen LogP contribution in [0.15, 0.2) is 42.0 Å². The van der Waals surface area contributed by atoms with Gasteiger partial charge in [-0.15, -0.1) is 0 Å². The van der Waals surface area contributed by atoms with E-state index in [-0.39, 0.29) is 33.8 Å². The van der Waals surface area contributed by atoms with Crippen LogP contribution in [0.4, 0.5) is 13.2 Å². The Morgan fingerprint density at radius 3 is 2.89 bits per heavy atom. The summed E-state index contributed by atoms with van der Waals surface area (Å²) in [4.78, 5) is 9.42. The zero-order valence-corrected chi connectivity index (χ0v) is 19.8. The van der Waals surface area contributed by atoms with E-state index in [0.717, 1.165) is 34.2 Å². The Morgan fingerprint density at radius 2 is 2.17 bits per heavy atom. The molecule has 10 nitrogen and oxygen atoms in total. The van der Waals surface area contributed by atoms with E-state index in [9.17, 15) is 23.4 Å². The summed E-state index contributed by atoms with van der Waals surface area (Å²) in [6.45, 7) is 0.282. The normalized spacial score (nSPS) is 26.7. The molecule has 0 spiro atoms. The van der Waals surface area contributed by atoms with Crippen molar-refractivity contribution in [1.29, 1.82) is 0 Å². The number of aromatic nitrogens is 3. The van der Waals surface area contributed by atoms with Gasteiger partial charge in [0.05, 0.1) is 35.2 Å². The maximum Gasteiger partial charge on any atom is 0.418 e. The molecule has 6 N–H and O–H groups in total. The van der Waals surface area contributed by atoms with Crippen molar-refractivity contribution in [2.45, 2.75) is 36.6 Å². The molecule has 4 heterocycles. The summed E-state index contributed by atoms with van der Waals surface area (Å²) in [7, 11) is 0. The van der Waals surface area contributed by atoms with E-state index in [2.05, 4.69) is 20.9 Å². The van der Waals surface area contributed by atoms with E-state index in [1.807, 2.05) is 0 Å². The van der Waals surface area contributed by atoms with Gasteiger partial charge in [-0.1, -0.05) is 22.9 Å². The number of alkyl halides is 3. The van der Waals surface area contributed by atoms with Gasteiger partial charge in [0.25, 0.3) is 5.19 Å². The minimum atomic E-state index is -4.67. The van der Waals surface area contributed by atoms with Gasteiger partial charge in [-0.2, -0.15) is 23.8 Å². The molecule has 5 atom stereocenters. The van der Waals surface area contributed by atoms with E-state index < -0.39 is 42.2 Å². The Morgan fingerprint density at radius 1 is 1.36 bits per heavy atom. The summed E-state index contributed by atoms with van der Waals surface area (Å²) in [6.07, 6.45) is -5.48. The molecule has 0 bridgehead atoms. The molecule has 0 radical (unpaired) electrons. The zero-order chi connectivity index (χ0) is 25.6. The maximum absolute atomic E-state index is 13.7. The van der Waals surface area contributed by atoms with Crippen molar-refractivity contribution in [1.82, 2.24) is 25.6 Å². The molecule has 2 fully saturated rings. The highest BCUT2D eigenvalue weighted by atomic mass is 35.5. The highest BCUT2D eigenvalue weighted by Gasteiger charge is 2.50. The lowest BCUT2D eigenvalue weighted by Gasteiger charge is -2.41. The topological polar surface area (TPSA) is 140 Å². The lowest BCUT2D eigenvalue weighted by atomic mass is 9.91. The Hall–Kier alpha value is -2.88. The average Bonchev–Trinajstić information content (AvgIpc) is 3.57. The number of aliphatic hydroxyl groups excluding tert-OH is 1. The first-order valence-electron chi connectivity index (χ1n) is 10.6. The average molecular weight is 545 g/mol. The minimum absolute atomic E-state index is 0.0891. The smallest absolute Gasteiger partial charge is 0.418 e. The molecule has 0 saturated carbocycles. The zero-order valence-electron chi connectivity index (χ0n) is 18.2. The minimum Gasteiger partial charge on any atom is -0.486 e. The maximum atomic E-state index is 13.7. The number of nitrogens with zero attached hydrogens (tertiary/aromatic N) is 3. The highest BCUT2D eigenvalue weighted by molar-refractivity contribution is 7.11. The molecular weight excluding hydrogens is 525 g/mol. The molecule has 1 aromatic carbocycles. The molecule has 36 heavy (non-hydrogen) atoms. The van der Waals surface area contributed by atoms with E-state index in [4.69, 9.17) is 26.9 Å². The second kappa shape index (κ2) is 9.53. The molecule has 0 aliphatic carbocycles. The summed E-state index contributed by atoms with van der Waals surface area (Å²) in [5.74, 6) is 0. The number of hydrogen-bond donors (Lipinski definition) is 5. The summed E-state index contributed by atoms with van der Waals surface area (Å²) in [6, 6.07) is 3.87. The van der Waals surface area contributed by atoms with Crippen LogP contribution in [0.1, 0.15) is 23.1 Å². The van der Waals surface area contributed by atoms with Gasteiger partial charge in [0, 0.05) is 22.8 Å². The van der Waals surface area contributed by atoms with Crippen LogP contribution in [0.2, 0.25) is 5.02 Å². The van der Waals surface area contributed by atoms with Crippen LogP contribution in [0, 0.1) is 0 Å². The van der Waals surface area contributed by atoms with Crippen LogP contribution in [-0.2, 0) is 15.8 Å². The van der Waals surface area contributed by atoms with Crippen LogP contribution in [0.3, 0.4) is 0 Å². The van der Waals surface area contributed by atoms with Crippen molar-refractivity contribution in [2.24, 2.45) is 5.73 Å². The third kappa shape index (κ3) is 4.63. The number of aliphatic hydroxyl groups is 1. The Labute approximate surface area is 211 Å². The fourth-order valence-corrected chi connectivity index (χ4v) is 4.97. The number of rotatable bonds is 5. The van der Waals surface area contributed by atoms with Gasteiger partial charge < -0.3 is 26.0 Å². The number of aromatic hydroxyl groups is 1. The molecule has 2 saturated heterocycles. The van der Waals surface area contributed by atoms with Gasteiger partial charge >= 0.3 is 6.18 Å². The first kappa shape index (κ1) is 24.8. The van der Waals surface area contributed by atoms with Crippen molar-refractivity contribution >= 4 is 28.6 Å². The van der Waals surface area contributed by atoms with Gasteiger partial charge in [-0.05, 0) is 24.3 Å². The molecule has 2 aromatic heterocycles. The fourth-order valence-electron chi connectivity index (χ4n) is 4.25. The van der Waals surface area contributed by atoms with E-state index in [0.29, 0.717) is 5.69 Å². The molecule has 0 amide bonds. The number of halogens is 4. The van der Waals surface area contributed by atoms with Crippen molar-refractivity contribution in [3.63, 3.8) is 0 Å². The first-order chi connectivity index (χ1) is 17.1. The van der Waals surface area contributed by atoms with Crippen LogP contribution in [-0.4, -0.2) is 55.9 Å². The number of thiazole rings is 1. The molecule has 5 rings (SSSR count). The van der Waals surface area contributed by atoms with Crippen LogP contribution >= 0.6 is 22.9 Å². The van der Waals surface area contributed by atoms with Crippen molar-refractivity contribution in [2.75, 3.05) is 6.54 Å². The summed E-state index contributed by atoms with van der Waals surface area (Å²) < 4.78 is 48.3. The Balaban J connectivity index is 1.49. The molecule has 2 aliphatic heterocycles. The summed E-state index contributed by atoms with van der Waals surface area (Å²) >= 11 is 7.01. The van der Waals surface area contributed by atoms with E-state index >= 15 is 0 Å². The fraction of sp³-hybridized carbons (Fsp3) is 0.333. The number of hydroxylamine groups is 1. The lowest BCUT2D eigenvalue weighted by molar-refractivity contribution is -0.173. The van der Waals surface area contributed by atoms with Crippen molar-refractivity contribution in [3.8, 4) is 10.9 Å². The Bertz CT molecular complexity index is 1280. The molecule has 2 aliphatic rings. The van der Waals surface area contributed by atoms with Crippen LogP contribution in [0.25, 0.3) is 11.4 Å². The number of nitrogens with one attached hydrogen (secondary N) is 2. The number of nitrogens with two attached hydrogens (primary N) is 1.